The van der Waals surface area contributed by atoms with E-state index in [4.69, 9.17) is 16.9 Å². The Balaban J connectivity index is 1.82. The van der Waals surface area contributed by atoms with Gasteiger partial charge in [-0.3, -0.25) is 4.79 Å². The number of amides is 1. The number of benzene rings is 2. The molecular weight excluding hydrogens is 369 g/mol. The van der Waals surface area contributed by atoms with Gasteiger partial charge in [-0.25, -0.2) is 14.4 Å². The summed E-state index contributed by atoms with van der Waals surface area (Å²) in [5.41, 5.74) is 2.15. The molecule has 3 rings (SSSR count). The maximum atomic E-state index is 13.2. The lowest BCUT2D eigenvalue weighted by atomic mass is 10.2. The van der Waals surface area contributed by atoms with Gasteiger partial charge < -0.3 is 10.6 Å². The first kappa shape index (κ1) is 18.3. The van der Waals surface area contributed by atoms with Crippen molar-refractivity contribution >= 4 is 34.8 Å². The van der Waals surface area contributed by atoms with Crippen molar-refractivity contribution in [1.29, 1.82) is 5.26 Å². The van der Waals surface area contributed by atoms with Crippen molar-refractivity contribution in [3.05, 3.63) is 76.3 Å². The lowest BCUT2D eigenvalue weighted by Crippen LogP contribution is -2.15. The summed E-state index contributed by atoms with van der Waals surface area (Å²) in [6, 6.07) is 14.3. The van der Waals surface area contributed by atoms with Crippen LogP contribution in [0.25, 0.3) is 0 Å². The van der Waals surface area contributed by atoms with Crippen molar-refractivity contribution in [2.45, 2.75) is 6.92 Å². The standard InChI is InChI=1S/C19H13ClFN5O/c1-11-7-17(18(27)24-14-5-6-16(21)15(20)9-14)26-19(23-11)25-13-4-2-3-12(8-13)10-22/h2-9H,1H3,(H,24,27)(H,23,25,26). The number of anilines is 3. The van der Waals surface area contributed by atoms with Gasteiger partial charge in [-0.05, 0) is 49.4 Å². The van der Waals surface area contributed by atoms with E-state index in [1.165, 1.54) is 24.3 Å². The predicted molar refractivity (Wildman–Crippen MR) is 101 cm³/mol. The Morgan fingerprint density at radius 3 is 2.70 bits per heavy atom. The number of aryl methyl sites for hydroxylation is 1. The molecule has 0 bridgehead atoms. The van der Waals surface area contributed by atoms with E-state index in [1.54, 1.807) is 31.2 Å². The summed E-state index contributed by atoms with van der Waals surface area (Å²) in [5, 5.41) is 14.5. The summed E-state index contributed by atoms with van der Waals surface area (Å²) >= 11 is 5.72. The number of halogens is 2. The summed E-state index contributed by atoms with van der Waals surface area (Å²) in [4.78, 5) is 20.9. The number of carbonyl (C=O) groups excluding carboxylic acids is 1. The predicted octanol–water partition coefficient (Wildman–Crippen LogP) is 4.45. The molecule has 2 aromatic carbocycles. The molecule has 1 amide bonds. The Hall–Kier alpha value is -3.50. The quantitative estimate of drug-likeness (QED) is 0.697. The molecule has 0 aliphatic carbocycles. The van der Waals surface area contributed by atoms with Crippen LogP contribution in [0.15, 0.2) is 48.5 Å². The fourth-order valence-corrected chi connectivity index (χ4v) is 2.49. The maximum Gasteiger partial charge on any atom is 0.274 e. The van der Waals surface area contributed by atoms with Crippen LogP contribution in [0.1, 0.15) is 21.7 Å². The molecule has 0 atom stereocenters. The Morgan fingerprint density at radius 1 is 1.15 bits per heavy atom. The highest BCUT2D eigenvalue weighted by Crippen LogP contribution is 2.20. The van der Waals surface area contributed by atoms with Gasteiger partial charge in [0.25, 0.3) is 5.91 Å². The molecule has 0 aliphatic rings. The largest absolute Gasteiger partial charge is 0.324 e. The molecule has 2 N–H and O–H groups in total. The average Bonchev–Trinajstić information content (AvgIpc) is 2.64. The van der Waals surface area contributed by atoms with Crippen LogP contribution in [-0.2, 0) is 0 Å². The lowest BCUT2D eigenvalue weighted by molar-refractivity contribution is 0.102. The topological polar surface area (TPSA) is 90.7 Å². The highest BCUT2D eigenvalue weighted by molar-refractivity contribution is 6.31. The van der Waals surface area contributed by atoms with E-state index in [0.29, 0.717) is 22.6 Å². The average molecular weight is 382 g/mol. The maximum absolute atomic E-state index is 13.2. The molecule has 0 aliphatic heterocycles. The van der Waals surface area contributed by atoms with Gasteiger partial charge in [0.15, 0.2) is 0 Å². The van der Waals surface area contributed by atoms with Crippen molar-refractivity contribution in [2.75, 3.05) is 10.6 Å². The molecule has 27 heavy (non-hydrogen) atoms. The second-order valence-corrected chi connectivity index (χ2v) is 6.03. The van der Waals surface area contributed by atoms with Crippen LogP contribution in [0.3, 0.4) is 0 Å². The third-order valence-corrected chi connectivity index (χ3v) is 3.80. The Labute approximate surface area is 159 Å². The normalized spacial score (nSPS) is 10.1. The minimum atomic E-state index is -0.571. The first-order valence-electron chi connectivity index (χ1n) is 7.84. The van der Waals surface area contributed by atoms with E-state index in [0.717, 1.165) is 0 Å². The second kappa shape index (κ2) is 7.81. The molecule has 134 valence electrons. The third-order valence-electron chi connectivity index (χ3n) is 3.51. The van der Waals surface area contributed by atoms with Crippen molar-refractivity contribution in [1.82, 2.24) is 9.97 Å². The van der Waals surface area contributed by atoms with Crippen molar-refractivity contribution in [3.8, 4) is 6.07 Å². The number of aromatic nitrogens is 2. The molecule has 3 aromatic rings. The Kier molecular flexibility index (Phi) is 5.29. The number of nitrogens with one attached hydrogen (secondary N) is 2. The van der Waals surface area contributed by atoms with Crippen LogP contribution in [0.5, 0.6) is 0 Å². The highest BCUT2D eigenvalue weighted by atomic mass is 35.5. The third kappa shape index (κ3) is 4.57. The number of rotatable bonds is 4. The molecule has 0 saturated heterocycles. The van der Waals surface area contributed by atoms with Gasteiger partial charge in [0.1, 0.15) is 11.5 Å². The zero-order chi connectivity index (χ0) is 19.4. The SMILES string of the molecule is Cc1cc(C(=O)Nc2ccc(F)c(Cl)c2)nc(Nc2cccc(C#N)c2)n1. The van der Waals surface area contributed by atoms with Crippen LogP contribution in [0, 0.1) is 24.1 Å². The molecular formula is C19H13ClFN5O. The first-order chi connectivity index (χ1) is 12.9. The van der Waals surface area contributed by atoms with Crippen molar-refractivity contribution in [3.63, 3.8) is 0 Å². The van der Waals surface area contributed by atoms with E-state index in [-0.39, 0.29) is 16.7 Å². The summed E-state index contributed by atoms with van der Waals surface area (Å²) in [6.45, 7) is 1.73. The van der Waals surface area contributed by atoms with E-state index in [9.17, 15) is 9.18 Å². The van der Waals surface area contributed by atoms with Crippen LogP contribution in [0.4, 0.5) is 21.7 Å². The summed E-state index contributed by atoms with van der Waals surface area (Å²) in [6.07, 6.45) is 0. The minimum Gasteiger partial charge on any atom is -0.324 e. The summed E-state index contributed by atoms with van der Waals surface area (Å²) in [5.74, 6) is -0.844. The van der Waals surface area contributed by atoms with E-state index in [1.807, 2.05) is 6.07 Å². The molecule has 6 nitrogen and oxygen atoms in total. The van der Waals surface area contributed by atoms with Gasteiger partial charge >= 0.3 is 0 Å². The fourth-order valence-electron chi connectivity index (χ4n) is 2.31. The van der Waals surface area contributed by atoms with Gasteiger partial charge in [0.05, 0.1) is 16.7 Å². The molecule has 0 spiro atoms. The Bertz CT molecular complexity index is 1060. The molecule has 1 heterocycles. The van der Waals surface area contributed by atoms with Crippen LogP contribution < -0.4 is 10.6 Å². The molecule has 0 radical (unpaired) electrons. The van der Waals surface area contributed by atoms with Crippen LogP contribution in [0.2, 0.25) is 5.02 Å². The molecule has 0 fully saturated rings. The van der Waals surface area contributed by atoms with Gasteiger partial charge in [-0.15, -0.1) is 0 Å². The van der Waals surface area contributed by atoms with Crippen LogP contribution >= 0.6 is 11.6 Å². The monoisotopic (exact) mass is 381 g/mol. The number of hydrogen-bond donors (Lipinski definition) is 2. The van der Waals surface area contributed by atoms with Gasteiger partial charge in [-0.1, -0.05) is 17.7 Å². The molecule has 1 aromatic heterocycles. The van der Waals surface area contributed by atoms with Crippen molar-refractivity contribution < 1.29 is 9.18 Å². The van der Waals surface area contributed by atoms with E-state index < -0.39 is 11.7 Å². The lowest BCUT2D eigenvalue weighted by Gasteiger charge is -2.09. The summed E-state index contributed by atoms with van der Waals surface area (Å²) < 4.78 is 13.2. The molecule has 0 unspecified atom stereocenters. The zero-order valence-corrected chi connectivity index (χ0v) is 14.9. The fraction of sp³-hybridized carbons (Fsp3) is 0.0526. The van der Waals surface area contributed by atoms with Gasteiger partial charge in [0.2, 0.25) is 5.95 Å². The molecule has 0 saturated carbocycles. The second-order valence-electron chi connectivity index (χ2n) is 5.62. The number of carbonyl (C=O) groups is 1. The first-order valence-corrected chi connectivity index (χ1v) is 8.21. The minimum absolute atomic E-state index is 0.0913. The number of nitrogens with zero attached hydrogens (tertiary/aromatic N) is 3. The molecule has 8 heteroatoms. The Morgan fingerprint density at radius 2 is 1.96 bits per heavy atom. The van der Waals surface area contributed by atoms with Gasteiger partial charge in [0, 0.05) is 17.1 Å². The van der Waals surface area contributed by atoms with E-state index >= 15 is 0 Å². The highest BCUT2D eigenvalue weighted by Gasteiger charge is 2.12. The smallest absolute Gasteiger partial charge is 0.274 e. The summed E-state index contributed by atoms with van der Waals surface area (Å²) in [7, 11) is 0. The van der Waals surface area contributed by atoms with Crippen molar-refractivity contribution in [2.24, 2.45) is 0 Å². The van der Waals surface area contributed by atoms with Crippen LogP contribution in [-0.4, -0.2) is 15.9 Å². The number of hydrogen-bond acceptors (Lipinski definition) is 5. The van der Waals surface area contributed by atoms with E-state index in [2.05, 4.69) is 20.6 Å². The van der Waals surface area contributed by atoms with Gasteiger partial charge in [-0.2, -0.15) is 5.26 Å². The number of nitriles is 1. The zero-order valence-electron chi connectivity index (χ0n) is 14.1.